The van der Waals surface area contributed by atoms with Gasteiger partial charge in [-0.05, 0) is 50.5 Å². The first kappa shape index (κ1) is 16.9. The van der Waals surface area contributed by atoms with Gasteiger partial charge in [0.15, 0.2) is 0 Å². The van der Waals surface area contributed by atoms with Crippen LogP contribution in [0.3, 0.4) is 0 Å². The maximum atomic E-state index is 12.7. The van der Waals surface area contributed by atoms with Crippen LogP contribution in [-0.4, -0.2) is 57.4 Å². The largest absolute Gasteiger partial charge is 0.313 e. The van der Waals surface area contributed by atoms with Crippen molar-refractivity contribution < 1.29 is 8.42 Å². The van der Waals surface area contributed by atoms with Gasteiger partial charge in [0.25, 0.3) is 10.0 Å². The summed E-state index contributed by atoms with van der Waals surface area (Å²) in [7, 11) is 0.803. The lowest BCUT2D eigenvalue weighted by Gasteiger charge is -2.34. The first-order valence-electron chi connectivity index (χ1n) is 7.40. The highest BCUT2D eigenvalue weighted by Gasteiger charge is 2.30. The van der Waals surface area contributed by atoms with Crippen molar-refractivity contribution in [2.75, 3.05) is 33.7 Å². The molecule has 0 bridgehead atoms. The molecule has 0 radical (unpaired) electrons. The molecule has 2 rings (SSSR count). The standard InChI is InChI=1S/C14H25N3O2S2/c1-4-15-10-12-9-14(20-11-12)21(18,19)17-7-5-13(6-8-17)16(2)3/h9,11,13,15H,4-8,10H2,1-3H3. The van der Waals surface area contributed by atoms with Crippen molar-refractivity contribution in [2.45, 2.75) is 36.6 Å². The molecule has 1 aromatic heterocycles. The number of hydrogen-bond donors (Lipinski definition) is 1. The van der Waals surface area contributed by atoms with Crippen LogP contribution >= 0.6 is 11.3 Å². The van der Waals surface area contributed by atoms with Crippen molar-refractivity contribution in [3.63, 3.8) is 0 Å². The number of sulfonamides is 1. The molecule has 1 fully saturated rings. The quantitative estimate of drug-likeness (QED) is 0.860. The number of rotatable bonds is 6. The molecule has 7 heteroatoms. The van der Waals surface area contributed by atoms with E-state index in [4.69, 9.17) is 0 Å². The average molecular weight is 332 g/mol. The first-order valence-corrected chi connectivity index (χ1v) is 9.71. The highest BCUT2D eigenvalue weighted by molar-refractivity contribution is 7.91. The van der Waals surface area contributed by atoms with Crippen LogP contribution in [0.25, 0.3) is 0 Å². The summed E-state index contributed by atoms with van der Waals surface area (Å²) in [5.74, 6) is 0. The van der Waals surface area contributed by atoms with Crippen LogP contribution in [0.5, 0.6) is 0 Å². The zero-order valence-corrected chi connectivity index (χ0v) is 14.6. The van der Waals surface area contributed by atoms with Gasteiger partial charge in [-0.2, -0.15) is 4.31 Å². The minimum Gasteiger partial charge on any atom is -0.313 e. The third kappa shape index (κ3) is 4.04. The summed E-state index contributed by atoms with van der Waals surface area (Å²) in [6.45, 7) is 4.89. The average Bonchev–Trinajstić information content (AvgIpc) is 2.94. The monoisotopic (exact) mass is 331 g/mol. The molecule has 0 unspecified atom stereocenters. The van der Waals surface area contributed by atoms with Crippen LogP contribution in [0.1, 0.15) is 25.3 Å². The van der Waals surface area contributed by atoms with Crippen molar-refractivity contribution in [1.82, 2.24) is 14.5 Å². The topological polar surface area (TPSA) is 52.7 Å². The molecule has 1 N–H and O–H groups in total. The van der Waals surface area contributed by atoms with Gasteiger partial charge >= 0.3 is 0 Å². The van der Waals surface area contributed by atoms with E-state index in [9.17, 15) is 8.42 Å². The molecule has 0 amide bonds. The molecule has 1 aromatic rings. The molecule has 21 heavy (non-hydrogen) atoms. The van der Waals surface area contributed by atoms with Gasteiger partial charge in [-0.25, -0.2) is 8.42 Å². The molecule has 2 heterocycles. The van der Waals surface area contributed by atoms with Gasteiger partial charge in [0, 0.05) is 25.7 Å². The summed E-state index contributed by atoms with van der Waals surface area (Å²) < 4.78 is 27.4. The van der Waals surface area contributed by atoms with Crippen molar-refractivity contribution in [1.29, 1.82) is 0 Å². The van der Waals surface area contributed by atoms with E-state index in [-0.39, 0.29) is 0 Å². The highest BCUT2D eigenvalue weighted by Crippen LogP contribution is 2.27. The summed E-state index contributed by atoms with van der Waals surface area (Å²) >= 11 is 1.33. The maximum absolute atomic E-state index is 12.7. The molecule has 0 aliphatic carbocycles. The van der Waals surface area contributed by atoms with Crippen LogP contribution < -0.4 is 5.32 Å². The van der Waals surface area contributed by atoms with E-state index in [1.165, 1.54) is 11.3 Å². The van der Waals surface area contributed by atoms with E-state index in [1.54, 1.807) is 10.4 Å². The summed E-state index contributed by atoms with van der Waals surface area (Å²) in [6.07, 6.45) is 1.81. The molecule has 1 saturated heterocycles. The second-order valence-corrected chi connectivity index (χ2v) is 8.73. The van der Waals surface area contributed by atoms with Crippen LogP contribution in [0, 0.1) is 0 Å². The summed E-state index contributed by atoms with van der Waals surface area (Å²) in [5, 5.41) is 5.15. The number of piperidine rings is 1. The van der Waals surface area contributed by atoms with Gasteiger partial charge in [0.05, 0.1) is 0 Å². The van der Waals surface area contributed by atoms with Gasteiger partial charge in [-0.1, -0.05) is 6.92 Å². The zero-order chi connectivity index (χ0) is 15.5. The number of thiophene rings is 1. The van der Waals surface area contributed by atoms with Gasteiger partial charge < -0.3 is 10.2 Å². The fourth-order valence-electron chi connectivity index (χ4n) is 2.58. The molecule has 0 spiro atoms. The molecule has 0 atom stereocenters. The van der Waals surface area contributed by atoms with Crippen LogP contribution in [0.15, 0.2) is 15.7 Å². The number of nitrogens with one attached hydrogen (secondary N) is 1. The summed E-state index contributed by atoms with van der Waals surface area (Å²) in [6, 6.07) is 2.30. The summed E-state index contributed by atoms with van der Waals surface area (Å²) in [5.41, 5.74) is 1.05. The lowest BCUT2D eigenvalue weighted by atomic mass is 10.1. The molecule has 0 aromatic carbocycles. The molecule has 120 valence electrons. The van der Waals surface area contributed by atoms with Crippen LogP contribution in [0.2, 0.25) is 0 Å². The minimum absolute atomic E-state index is 0.471. The lowest BCUT2D eigenvalue weighted by Crippen LogP contribution is -2.44. The van der Waals surface area contributed by atoms with E-state index >= 15 is 0 Å². The van der Waals surface area contributed by atoms with Gasteiger partial charge in [0.1, 0.15) is 4.21 Å². The van der Waals surface area contributed by atoms with Crippen molar-refractivity contribution in [3.05, 3.63) is 17.0 Å². The minimum atomic E-state index is -3.31. The van der Waals surface area contributed by atoms with E-state index in [0.29, 0.717) is 23.3 Å². The number of hydrogen-bond acceptors (Lipinski definition) is 5. The van der Waals surface area contributed by atoms with E-state index in [2.05, 4.69) is 24.3 Å². The second-order valence-electron chi connectivity index (χ2n) is 5.65. The Morgan fingerprint density at radius 3 is 2.62 bits per heavy atom. The van der Waals surface area contributed by atoms with Gasteiger partial charge in [0.2, 0.25) is 0 Å². The highest BCUT2D eigenvalue weighted by atomic mass is 32.2. The molecular weight excluding hydrogens is 306 g/mol. The Morgan fingerprint density at radius 1 is 1.38 bits per heavy atom. The first-order chi connectivity index (χ1) is 9.95. The third-order valence-corrected chi connectivity index (χ3v) is 7.32. The smallest absolute Gasteiger partial charge is 0.252 e. The van der Waals surface area contributed by atoms with E-state index in [1.807, 2.05) is 12.3 Å². The molecular formula is C14H25N3O2S2. The predicted octanol–water partition coefficient (Wildman–Crippen LogP) is 1.57. The van der Waals surface area contributed by atoms with Gasteiger partial charge in [-0.3, -0.25) is 0 Å². The van der Waals surface area contributed by atoms with Crippen molar-refractivity contribution in [2.24, 2.45) is 0 Å². The van der Waals surface area contributed by atoms with Crippen LogP contribution in [0.4, 0.5) is 0 Å². The van der Waals surface area contributed by atoms with Crippen molar-refractivity contribution >= 4 is 21.4 Å². The Hall–Kier alpha value is -0.470. The van der Waals surface area contributed by atoms with Crippen molar-refractivity contribution in [3.8, 4) is 0 Å². The predicted molar refractivity (Wildman–Crippen MR) is 87.2 cm³/mol. The second kappa shape index (κ2) is 7.19. The maximum Gasteiger partial charge on any atom is 0.252 e. The fraction of sp³-hybridized carbons (Fsp3) is 0.714. The molecule has 1 aliphatic rings. The Bertz CT molecular complexity index is 546. The lowest BCUT2D eigenvalue weighted by molar-refractivity contribution is 0.197. The Balaban J connectivity index is 2.03. The van der Waals surface area contributed by atoms with E-state index in [0.717, 1.165) is 31.5 Å². The molecule has 0 saturated carbocycles. The van der Waals surface area contributed by atoms with E-state index < -0.39 is 10.0 Å². The van der Waals surface area contributed by atoms with Crippen LogP contribution in [-0.2, 0) is 16.6 Å². The molecule has 5 nitrogen and oxygen atoms in total. The Kier molecular flexibility index (Phi) is 5.79. The zero-order valence-electron chi connectivity index (χ0n) is 13.0. The third-order valence-electron chi connectivity index (χ3n) is 3.96. The summed E-state index contributed by atoms with van der Waals surface area (Å²) in [4.78, 5) is 2.18. The normalized spacial score (nSPS) is 18.5. The Labute approximate surface area is 132 Å². The fourth-order valence-corrected chi connectivity index (χ4v) is 5.41. The number of nitrogens with zero attached hydrogens (tertiary/aromatic N) is 2. The van der Waals surface area contributed by atoms with Gasteiger partial charge in [-0.15, -0.1) is 11.3 Å². The Morgan fingerprint density at radius 2 is 2.05 bits per heavy atom. The SMILES string of the molecule is CCNCc1csc(S(=O)(=O)N2CCC(N(C)C)CC2)c1. The molecule has 1 aliphatic heterocycles.